The van der Waals surface area contributed by atoms with Crippen LogP contribution in [0.15, 0.2) is 36.4 Å². The fourth-order valence-electron chi connectivity index (χ4n) is 1.70. The molecule has 2 rings (SSSR count). The van der Waals surface area contributed by atoms with Crippen molar-refractivity contribution in [3.8, 4) is 5.75 Å². The Labute approximate surface area is 147 Å². The van der Waals surface area contributed by atoms with Crippen LogP contribution in [0.4, 0.5) is 11.4 Å². The van der Waals surface area contributed by atoms with E-state index in [0.717, 1.165) is 0 Å². The first kappa shape index (κ1) is 17.4. The molecule has 2 N–H and O–H groups in total. The monoisotopic (exact) mass is 372 g/mol. The van der Waals surface area contributed by atoms with E-state index in [1.807, 2.05) is 0 Å². The molecule has 0 saturated carbocycles. The molecule has 2 aromatic rings. The Balaban J connectivity index is 2.05. The molecule has 0 atom stereocenters. The van der Waals surface area contributed by atoms with E-state index < -0.39 is 11.8 Å². The second kappa shape index (κ2) is 7.55. The third-order valence-electron chi connectivity index (χ3n) is 2.80. The summed E-state index contributed by atoms with van der Waals surface area (Å²) in [5, 5.41) is 5.78. The van der Waals surface area contributed by atoms with Gasteiger partial charge in [-0.05, 0) is 36.4 Å². The number of halogens is 3. The van der Waals surface area contributed by atoms with Crippen molar-refractivity contribution in [1.82, 2.24) is 0 Å². The Morgan fingerprint density at radius 2 is 1.61 bits per heavy atom. The maximum absolute atomic E-state index is 11.9. The number of hydrogen-bond donors (Lipinski definition) is 2. The van der Waals surface area contributed by atoms with Crippen LogP contribution in [0.3, 0.4) is 0 Å². The molecule has 0 aliphatic carbocycles. The Morgan fingerprint density at radius 1 is 0.913 bits per heavy atom. The Hall–Kier alpha value is -1.95. The summed E-state index contributed by atoms with van der Waals surface area (Å²) < 4.78 is 5.00. The predicted octanol–water partition coefficient (Wildman–Crippen LogP) is 4.23. The summed E-state index contributed by atoms with van der Waals surface area (Å²) in [4.78, 5) is 23.8. The number of hydrogen-bond acceptors (Lipinski definition) is 3. The smallest absolute Gasteiger partial charge is 0.314 e. The molecule has 0 fully saturated rings. The summed E-state index contributed by atoms with van der Waals surface area (Å²) in [5.74, 6) is -1.28. The zero-order valence-corrected chi connectivity index (χ0v) is 14.1. The highest BCUT2D eigenvalue weighted by Gasteiger charge is 2.16. The minimum atomic E-state index is -0.874. The van der Waals surface area contributed by atoms with E-state index in [1.165, 1.54) is 25.3 Å². The van der Waals surface area contributed by atoms with Crippen LogP contribution in [0.1, 0.15) is 0 Å². The van der Waals surface area contributed by atoms with E-state index in [4.69, 9.17) is 39.5 Å². The summed E-state index contributed by atoms with van der Waals surface area (Å²) in [6, 6.07) is 9.11. The molecular formula is C15H11Cl3N2O3. The van der Waals surface area contributed by atoms with Gasteiger partial charge in [0, 0.05) is 10.7 Å². The van der Waals surface area contributed by atoms with Gasteiger partial charge in [0.1, 0.15) is 5.75 Å². The van der Waals surface area contributed by atoms with Gasteiger partial charge in [-0.3, -0.25) is 9.59 Å². The van der Waals surface area contributed by atoms with Crippen LogP contribution in [0.2, 0.25) is 15.1 Å². The highest BCUT2D eigenvalue weighted by Crippen LogP contribution is 2.27. The standard InChI is InChI=1S/C15H11Cl3N2O3/c1-23-13-5-3-9(7-11(13)18)19-14(21)15(22)20-12-4-2-8(16)6-10(12)17/h2-7H,1H3,(H,19,21)(H,20,22). The first-order valence-corrected chi connectivity index (χ1v) is 7.45. The minimum absolute atomic E-state index is 0.228. The van der Waals surface area contributed by atoms with Gasteiger partial charge < -0.3 is 15.4 Å². The van der Waals surface area contributed by atoms with Crippen molar-refractivity contribution >= 4 is 58.0 Å². The molecule has 0 saturated heterocycles. The van der Waals surface area contributed by atoms with Crippen LogP contribution in [0.5, 0.6) is 5.75 Å². The maximum atomic E-state index is 11.9. The van der Waals surface area contributed by atoms with Crippen molar-refractivity contribution < 1.29 is 14.3 Å². The molecule has 0 aliphatic rings. The number of carbonyl (C=O) groups is 2. The molecule has 0 bridgehead atoms. The Bertz CT molecular complexity index is 766. The molecule has 0 spiro atoms. The molecule has 0 heterocycles. The number of methoxy groups -OCH3 is 1. The number of amides is 2. The van der Waals surface area contributed by atoms with E-state index >= 15 is 0 Å². The largest absolute Gasteiger partial charge is 0.495 e. The molecule has 2 aromatic carbocycles. The maximum Gasteiger partial charge on any atom is 0.314 e. The van der Waals surface area contributed by atoms with E-state index in [1.54, 1.807) is 18.2 Å². The SMILES string of the molecule is COc1ccc(NC(=O)C(=O)Nc2ccc(Cl)cc2Cl)cc1Cl. The molecular weight excluding hydrogens is 363 g/mol. The normalized spacial score (nSPS) is 10.1. The van der Waals surface area contributed by atoms with Gasteiger partial charge in [-0.1, -0.05) is 34.8 Å². The van der Waals surface area contributed by atoms with Gasteiger partial charge in [0.15, 0.2) is 0 Å². The predicted molar refractivity (Wildman–Crippen MR) is 91.7 cm³/mol. The highest BCUT2D eigenvalue weighted by atomic mass is 35.5. The average molecular weight is 374 g/mol. The summed E-state index contributed by atoms with van der Waals surface area (Å²) in [6.45, 7) is 0. The topological polar surface area (TPSA) is 67.4 Å². The van der Waals surface area contributed by atoms with Crippen molar-refractivity contribution in [1.29, 1.82) is 0 Å². The third-order valence-corrected chi connectivity index (χ3v) is 3.64. The van der Waals surface area contributed by atoms with Gasteiger partial charge in [0.05, 0.1) is 22.8 Å². The summed E-state index contributed by atoms with van der Waals surface area (Å²) >= 11 is 17.6. The minimum Gasteiger partial charge on any atom is -0.495 e. The van der Waals surface area contributed by atoms with Crippen LogP contribution in [0, 0.1) is 0 Å². The van der Waals surface area contributed by atoms with E-state index in [-0.39, 0.29) is 10.7 Å². The summed E-state index contributed by atoms with van der Waals surface area (Å²) in [7, 11) is 1.47. The van der Waals surface area contributed by atoms with Crippen LogP contribution >= 0.6 is 34.8 Å². The molecule has 0 aromatic heterocycles. The van der Waals surface area contributed by atoms with Crippen LogP contribution < -0.4 is 15.4 Å². The van der Waals surface area contributed by atoms with Gasteiger partial charge in [-0.15, -0.1) is 0 Å². The summed E-state index contributed by atoms with van der Waals surface area (Å²) in [5.41, 5.74) is 0.641. The second-order valence-electron chi connectivity index (χ2n) is 4.38. The molecule has 23 heavy (non-hydrogen) atoms. The zero-order valence-electron chi connectivity index (χ0n) is 11.8. The Morgan fingerprint density at radius 3 is 2.22 bits per heavy atom. The lowest BCUT2D eigenvalue weighted by molar-refractivity contribution is -0.132. The molecule has 0 radical (unpaired) electrons. The first-order chi connectivity index (χ1) is 10.9. The number of rotatable bonds is 3. The average Bonchev–Trinajstić information content (AvgIpc) is 2.50. The van der Waals surface area contributed by atoms with Gasteiger partial charge in [-0.2, -0.15) is 0 Å². The Kier molecular flexibility index (Phi) is 5.71. The van der Waals surface area contributed by atoms with Gasteiger partial charge in [0.25, 0.3) is 0 Å². The summed E-state index contributed by atoms with van der Waals surface area (Å²) in [6.07, 6.45) is 0. The molecule has 0 aliphatic heterocycles. The van der Waals surface area contributed by atoms with Crippen molar-refractivity contribution in [3.63, 3.8) is 0 Å². The van der Waals surface area contributed by atoms with Gasteiger partial charge in [0.2, 0.25) is 0 Å². The van der Waals surface area contributed by atoms with Crippen LogP contribution in [-0.2, 0) is 9.59 Å². The number of nitrogens with one attached hydrogen (secondary N) is 2. The van der Waals surface area contributed by atoms with E-state index in [0.29, 0.717) is 21.5 Å². The second-order valence-corrected chi connectivity index (χ2v) is 5.63. The van der Waals surface area contributed by atoms with E-state index in [9.17, 15) is 9.59 Å². The number of anilines is 2. The third kappa shape index (κ3) is 4.51. The van der Waals surface area contributed by atoms with Crippen molar-refractivity contribution in [2.75, 3.05) is 17.7 Å². The number of benzene rings is 2. The van der Waals surface area contributed by atoms with Crippen molar-refractivity contribution in [2.45, 2.75) is 0 Å². The van der Waals surface area contributed by atoms with Crippen LogP contribution in [0.25, 0.3) is 0 Å². The quantitative estimate of drug-likeness (QED) is 0.791. The highest BCUT2D eigenvalue weighted by molar-refractivity contribution is 6.45. The number of ether oxygens (including phenoxy) is 1. The van der Waals surface area contributed by atoms with Crippen molar-refractivity contribution in [3.05, 3.63) is 51.5 Å². The van der Waals surface area contributed by atoms with Gasteiger partial charge >= 0.3 is 11.8 Å². The van der Waals surface area contributed by atoms with E-state index in [2.05, 4.69) is 10.6 Å². The lowest BCUT2D eigenvalue weighted by atomic mass is 10.3. The zero-order chi connectivity index (χ0) is 17.0. The fraction of sp³-hybridized carbons (Fsp3) is 0.0667. The molecule has 0 unspecified atom stereocenters. The lowest BCUT2D eigenvalue weighted by Gasteiger charge is -2.09. The number of carbonyl (C=O) groups excluding carboxylic acids is 2. The molecule has 5 nitrogen and oxygen atoms in total. The molecule has 8 heteroatoms. The van der Waals surface area contributed by atoms with Crippen LogP contribution in [-0.4, -0.2) is 18.9 Å². The lowest BCUT2D eigenvalue weighted by Crippen LogP contribution is -2.29. The molecule has 2 amide bonds. The van der Waals surface area contributed by atoms with Gasteiger partial charge in [-0.25, -0.2) is 0 Å². The van der Waals surface area contributed by atoms with Crippen molar-refractivity contribution in [2.24, 2.45) is 0 Å². The first-order valence-electron chi connectivity index (χ1n) is 6.31. The molecule has 120 valence electrons. The fourth-order valence-corrected chi connectivity index (χ4v) is 2.42.